The van der Waals surface area contributed by atoms with Crippen molar-refractivity contribution in [2.75, 3.05) is 39.6 Å². The van der Waals surface area contributed by atoms with Crippen molar-refractivity contribution in [3.05, 3.63) is 264 Å². The van der Waals surface area contributed by atoms with E-state index in [9.17, 15) is 170 Å². The van der Waals surface area contributed by atoms with Gasteiger partial charge in [-0.3, -0.25) is 0 Å². The number of benzene rings is 6. The van der Waals surface area contributed by atoms with Gasteiger partial charge in [0.25, 0.3) is 0 Å². The predicted molar refractivity (Wildman–Crippen MR) is 518 cm³/mol. The number of ether oxygens (including phenoxy) is 3. The van der Waals surface area contributed by atoms with E-state index in [1.54, 1.807) is 0 Å². The first kappa shape index (κ1) is 212. The van der Waals surface area contributed by atoms with E-state index in [1.807, 2.05) is 41.5 Å². The molecule has 0 heterocycles. The zero-order valence-corrected chi connectivity index (χ0v) is 95.2. The Hall–Kier alpha value is -6.43. The molecule has 71 heteroatoms. The van der Waals surface area contributed by atoms with Crippen molar-refractivity contribution in [2.45, 2.75) is 125 Å². The van der Waals surface area contributed by atoms with Crippen LogP contribution in [0.3, 0.4) is 0 Å². The van der Waals surface area contributed by atoms with Crippen molar-refractivity contribution in [1.82, 2.24) is 72.7 Å². The second kappa shape index (κ2) is 86.0. The molecule has 0 atom stereocenters. The number of carbonyl (C=O) groups excluding carboxylic acids is 4. The second-order valence-electron chi connectivity index (χ2n) is 24.3. The van der Waals surface area contributed by atoms with E-state index in [1.165, 1.54) is 109 Å². The first-order valence-electron chi connectivity index (χ1n) is 35.5. The van der Waals surface area contributed by atoms with Crippen LogP contribution in [0.15, 0.2) is 218 Å². The number of nitroso groups, excluding NO2 is 2. The minimum absolute atomic E-state index is 0. The molecule has 0 aliphatic rings. The fourth-order valence-electron chi connectivity index (χ4n) is 6.41. The van der Waals surface area contributed by atoms with Gasteiger partial charge in [-0.2, -0.15) is 35.4 Å². The zero-order valence-electron chi connectivity index (χ0n) is 82.2. The van der Waals surface area contributed by atoms with Gasteiger partial charge in [0.15, 0.2) is 0 Å². The van der Waals surface area contributed by atoms with Crippen molar-refractivity contribution >= 4 is 118 Å². The number of nitrogens with zero attached hydrogens (tertiary/aromatic N) is 4. The number of hydrogen-bond donors (Lipinski definition) is 10. The Balaban J connectivity index is -0.0000000423. The maximum atomic E-state index is 9.87. The summed E-state index contributed by atoms with van der Waals surface area (Å²) in [5, 5.41) is 20.9. The monoisotopic (exact) mass is 2630 g/mol. The molecule has 0 fully saturated rings. The van der Waals surface area contributed by atoms with Crippen LogP contribution >= 0.6 is 62.7 Å². The summed E-state index contributed by atoms with van der Waals surface area (Å²) in [7, 11) is -64.8. The van der Waals surface area contributed by atoms with Gasteiger partial charge < -0.3 is 119 Å². The molecule has 147 heavy (non-hydrogen) atoms. The molecule has 0 spiro atoms. The Morgan fingerprint density at radius 3 is 0.381 bits per heavy atom. The summed E-state index contributed by atoms with van der Waals surface area (Å²) in [5.41, 5.74) is 16.9. The summed E-state index contributed by atoms with van der Waals surface area (Å²) in [6.07, 6.45) is 0. The van der Waals surface area contributed by atoms with Gasteiger partial charge in [0.05, 0.1) is 0 Å². The van der Waals surface area contributed by atoms with E-state index in [0.29, 0.717) is 0 Å². The van der Waals surface area contributed by atoms with Gasteiger partial charge in [-0.05, 0) is 145 Å². The molecule has 0 aromatic heterocycles. The molecule has 8 aromatic carbocycles. The first-order chi connectivity index (χ1) is 58.3. The number of Topliss-reactive ketones (excluding diaryl/α,β-unsaturated/α-hetero) is 4. The minimum Gasteiger partial charge on any atom is -0.512 e. The van der Waals surface area contributed by atoms with Gasteiger partial charge in [-0.25, -0.2) is 23.3 Å². The molecule has 0 aliphatic carbocycles. The van der Waals surface area contributed by atoms with E-state index in [-0.39, 0.29) is 158 Å². The van der Waals surface area contributed by atoms with Gasteiger partial charge in [-0.15, -0.1) is 9.81 Å². The minimum atomic E-state index is -10.7. The topological polar surface area (TPSA) is 572 Å². The number of aryl methyl sites for hydroxylation is 4. The molecular weight excluding hydrogens is 2500 g/mol. The predicted octanol–water partition coefficient (Wildman–Crippen LogP) is 37.6. The van der Waals surface area contributed by atoms with E-state index in [0.717, 1.165) is 39.6 Å². The maximum Gasteiger partial charge on any atom is 3.00 e. The molecule has 30 N–H and O–H groups in total. The normalized spacial score (nSPS) is 11.9. The fraction of sp³-hybridized carbons (Fsp3) is 0.316. The van der Waals surface area contributed by atoms with Crippen molar-refractivity contribution in [2.24, 2.45) is 0 Å². The third-order valence-corrected chi connectivity index (χ3v) is 14.3. The van der Waals surface area contributed by atoms with E-state index >= 15 is 0 Å². The van der Waals surface area contributed by atoms with Crippen LogP contribution in [0.4, 0.5) is 151 Å². The van der Waals surface area contributed by atoms with Gasteiger partial charge in [0.1, 0.15) is 34.3 Å². The standard InChI is InChI=1S/2C18H15P.2C7H9.3C4H10O.4C3H6O.2CN.6F6P.2Mn.2NO.10H3N.2Ru/c2*1-4-10-16(11-5-1)19(17-12-6-2-7-13-17)18-14-8-3-9-15-18;2*1-6-3-4-7(2)5-6;3*1-3-5-4-2;4*1-3(2)4;2*1-2;6*1-7(2,3,4,5)6;;;2*1-2;;;;;;;;;;;;/h2*1-15H;2*3-5H,1-2H3;3*3-4H2,1-2H3;4*1-2H3;;;;;;;;;;;;;10*1H3;;/q;;2*-1;;;;;;;;8*-1;+2;+3;;;;;;;;;;;;;+2;+3. The average molecular weight is 2630 g/mol. The van der Waals surface area contributed by atoms with E-state index in [2.05, 4.69) is 246 Å². The molecule has 0 saturated carbocycles. The van der Waals surface area contributed by atoms with Crippen molar-refractivity contribution in [3.8, 4) is 0 Å². The summed E-state index contributed by atoms with van der Waals surface area (Å²) in [6, 6.07) is 77.5. The van der Waals surface area contributed by atoms with Crippen LogP contribution in [0.25, 0.3) is 0 Å². The summed E-state index contributed by atoms with van der Waals surface area (Å²) >= 11 is 0. The van der Waals surface area contributed by atoms with E-state index < -0.39 is 62.7 Å². The third-order valence-electron chi connectivity index (χ3n) is 9.44. The summed E-state index contributed by atoms with van der Waals surface area (Å²) in [6.45, 7) is 47.1. The van der Waals surface area contributed by atoms with Crippen LogP contribution < -0.4 is 105 Å². The summed E-state index contributed by atoms with van der Waals surface area (Å²) < 4.78 is 370. The summed E-state index contributed by atoms with van der Waals surface area (Å²) in [4.78, 5) is 52.3. The molecule has 0 saturated heterocycles. The smallest absolute Gasteiger partial charge is 0.512 e. The molecule has 23 nitrogen and oxygen atoms in total. The largest absolute Gasteiger partial charge is 3.00 e. The Morgan fingerprint density at radius 1 is 0.259 bits per heavy atom. The number of halogens is 36. The summed E-state index contributed by atoms with van der Waals surface area (Å²) in [5.74, 6) is 0.667. The van der Waals surface area contributed by atoms with Crippen LogP contribution in [0.1, 0.15) is 119 Å². The number of rotatable bonds is 12. The molecule has 0 amide bonds. The van der Waals surface area contributed by atoms with Gasteiger partial charge >= 0.3 is 271 Å². The number of ketones is 4. The molecule has 8 aromatic rings. The molecule has 0 unspecified atom stereocenters. The molecule has 4 radical (unpaired) electrons. The average Bonchev–Trinajstić information content (AvgIpc) is 0.963. The number of carbonyl (C=O) groups is 4. The third kappa shape index (κ3) is 329. The Kier molecular flexibility index (Phi) is 124. The van der Waals surface area contributed by atoms with Crippen LogP contribution in [-0.2, 0) is 106 Å². The molecular formula is C76H132F36Mn2N14O9P8Ru2. The maximum absolute atomic E-state index is 10.7. The van der Waals surface area contributed by atoms with Gasteiger partial charge in [0, 0.05) is 39.6 Å². The Morgan fingerprint density at radius 2 is 0.340 bits per heavy atom. The first-order valence-corrected chi connectivity index (χ1v) is 50.3. The zero-order chi connectivity index (χ0) is 110. The SMILES string of the molecule is CC(C)=O.CC(C)=O.CC(C)=O.CC(C)=O.CCOCC.CCOCC.CCOCC.Cc1c[cH-]c(C)c1.Cc1c[cH-]c(C)c1.F[P-](F)(F)(F)(F)F.F[P-](F)(F)(F)(F)F.F[P-](F)(F)(F)(F)F.F[P-](F)(F)(F)(F)F.F[P-](F)(F)(F)(F)F.F[P-](F)(F)(F)(F)F.N.N.N.N.N.N.N.N.N.N.[C-]#N.[C-]#N.[Mn+2].[Mn+3].[N]=O.[N]=O.[Ru+2].[Ru+3].c1ccc(P(c2ccccc2)c2ccccc2)cc1.c1ccc(P(c2ccccc2)c2ccccc2)cc1. The van der Waals surface area contributed by atoms with Gasteiger partial charge in [-0.1, -0.05) is 210 Å². The van der Waals surface area contributed by atoms with Gasteiger partial charge in [0.2, 0.25) is 0 Å². The van der Waals surface area contributed by atoms with Crippen LogP contribution in [-0.4, -0.2) is 62.8 Å². The van der Waals surface area contributed by atoms with Crippen LogP contribution in [0.5, 0.6) is 0 Å². The van der Waals surface area contributed by atoms with Crippen molar-refractivity contribution in [3.63, 3.8) is 0 Å². The Labute approximate surface area is 881 Å². The molecule has 0 aliphatic heterocycles. The number of hydrogen-bond acceptors (Lipinski definition) is 21. The van der Waals surface area contributed by atoms with E-state index in [4.69, 9.17) is 58.9 Å². The second-order valence-corrected chi connectivity index (χ2v) is 40.3. The molecule has 0 bridgehead atoms. The Bertz CT molecular complexity index is 3710. The van der Waals surface area contributed by atoms with Crippen molar-refractivity contribution < 1.29 is 258 Å². The fourth-order valence-corrected chi connectivity index (χ4v) is 11.0. The molecule has 8 rings (SSSR count). The quantitative estimate of drug-likeness (QED) is 0.0235. The van der Waals surface area contributed by atoms with Crippen LogP contribution in [0, 0.1) is 61.2 Å². The molecule has 882 valence electrons. The van der Waals surface area contributed by atoms with Crippen molar-refractivity contribution in [1.29, 1.82) is 10.5 Å². The van der Waals surface area contributed by atoms with Crippen LogP contribution in [0.2, 0.25) is 0 Å².